The Labute approximate surface area is 92.9 Å². The fraction of sp³-hybridized carbons (Fsp3) is 0.667. The highest BCUT2D eigenvalue weighted by Crippen LogP contribution is 2.20. The van der Waals surface area contributed by atoms with Gasteiger partial charge in [0, 0.05) is 12.6 Å². The first kappa shape index (κ1) is 10.4. The zero-order valence-electron chi connectivity index (χ0n) is 7.95. The van der Waals surface area contributed by atoms with Crippen molar-refractivity contribution in [3.8, 4) is 0 Å². The van der Waals surface area contributed by atoms with Crippen molar-refractivity contribution in [1.29, 1.82) is 0 Å². The number of aromatic nitrogens is 1. The summed E-state index contributed by atoms with van der Waals surface area (Å²) >= 11 is 7.37. The minimum atomic E-state index is 0.333. The lowest BCUT2D eigenvalue weighted by atomic mass is 10.1. The van der Waals surface area contributed by atoms with E-state index in [4.69, 9.17) is 17.3 Å². The fourth-order valence-corrected chi connectivity index (χ4v) is 2.79. The molecule has 0 unspecified atom stereocenters. The highest BCUT2D eigenvalue weighted by Gasteiger charge is 2.17. The first-order valence-electron chi connectivity index (χ1n) is 4.82. The Balaban J connectivity index is 1.90. The van der Waals surface area contributed by atoms with Gasteiger partial charge < -0.3 is 5.73 Å². The van der Waals surface area contributed by atoms with Crippen molar-refractivity contribution < 1.29 is 0 Å². The van der Waals surface area contributed by atoms with Gasteiger partial charge >= 0.3 is 0 Å². The van der Waals surface area contributed by atoms with E-state index in [0.29, 0.717) is 6.04 Å². The Morgan fingerprint density at radius 3 is 3.21 bits per heavy atom. The zero-order valence-corrected chi connectivity index (χ0v) is 9.52. The van der Waals surface area contributed by atoms with E-state index in [1.54, 1.807) is 17.5 Å². The summed E-state index contributed by atoms with van der Waals surface area (Å²) in [5.41, 5.74) is 5.90. The largest absolute Gasteiger partial charge is 0.327 e. The summed E-state index contributed by atoms with van der Waals surface area (Å²) in [7, 11) is 0. The third-order valence-electron chi connectivity index (χ3n) is 2.43. The number of nitrogens with zero attached hydrogens (tertiary/aromatic N) is 2. The van der Waals surface area contributed by atoms with Crippen LogP contribution in [0.15, 0.2) is 6.20 Å². The quantitative estimate of drug-likeness (QED) is 0.843. The molecule has 1 fully saturated rings. The van der Waals surface area contributed by atoms with Crippen LogP contribution in [0.4, 0.5) is 0 Å². The molecule has 2 heterocycles. The van der Waals surface area contributed by atoms with Crippen LogP contribution in [-0.4, -0.2) is 29.0 Å². The van der Waals surface area contributed by atoms with Gasteiger partial charge in [0.2, 0.25) is 0 Å². The van der Waals surface area contributed by atoms with E-state index in [0.717, 1.165) is 35.4 Å². The van der Waals surface area contributed by atoms with Crippen LogP contribution in [0.1, 0.15) is 17.8 Å². The van der Waals surface area contributed by atoms with Crippen LogP contribution in [0, 0.1) is 0 Å². The summed E-state index contributed by atoms with van der Waals surface area (Å²) in [6, 6.07) is 0.333. The molecule has 1 atom stereocenters. The second-order valence-corrected chi connectivity index (χ2v) is 5.44. The molecule has 3 nitrogen and oxygen atoms in total. The van der Waals surface area contributed by atoms with Gasteiger partial charge in [-0.25, -0.2) is 4.98 Å². The molecule has 5 heteroatoms. The second kappa shape index (κ2) is 4.57. The first-order valence-corrected chi connectivity index (χ1v) is 6.01. The van der Waals surface area contributed by atoms with Gasteiger partial charge in [-0.1, -0.05) is 11.6 Å². The number of thiazole rings is 1. The molecule has 14 heavy (non-hydrogen) atoms. The topological polar surface area (TPSA) is 42.1 Å². The van der Waals surface area contributed by atoms with E-state index in [2.05, 4.69) is 9.88 Å². The highest BCUT2D eigenvalue weighted by atomic mass is 35.5. The predicted molar refractivity (Wildman–Crippen MR) is 59.6 cm³/mol. The molecule has 0 aliphatic carbocycles. The third kappa shape index (κ3) is 2.67. The monoisotopic (exact) mass is 231 g/mol. The summed E-state index contributed by atoms with van der Waals surface area (Å²) in [5.74, 6) is 0. The van der Waals surface area contributed by atoms with Crippen LogP contribution in [0.3, 0.4) is 0 Å². The molecule has 1 aliphatic heterocycles. The summed E-state index contributed by atoms with van der Waals surface area (Å²) in [6.07, 6.45) is 4.06. The normalized spacial score (nSPS) is 24.0. The number of likely N-dealkylation sites (tertiary alicyclic amines) is 1. The molecule has 1 aromatic rings. The lowest BCUT2D eigenvalue weighted by Crippen LogP contribution is -2.42. The van der Waals surface area contributed by atoms with E-state index in [1.807, 2.05) is 0 Å². The molecule has 1 saturated heterocycles. The molecule has 78 valence electrons. The van der Waals surface area contributed by atoms with Crippen molar-refractivity contribution in [2.24, 2.45) is 5.73 Å². The molecule has 2 rings (SSSR count). The average molecular weight is 232 g/mol. The van der Waals surface area contributed by atoms with Crippen LogP contribution in [-0.2, 0) is 6.54 Å². The Kier molecular flexibility index (Phi) is 3.38. The van der Waals surface area contributed by atoms with Crippen molar-refractivity contribution in [1.82, 2.24) is 9.88 Å². The highest BCUT2D eigenvalue weighted by molar-refractivity contribution is 7.15. The first-order chi connectivity index (χ1) is 6.74. The fourth-order valence-electron chi connectivity index (χ4n) is 1.79. The molecule has 0 spiro atoms. The van der Waals surface area contributed by atoms with E-state index >= 15 is 0 Å². The molecule has 2 N–H and O–H groups in total. The van der Waals surface area contributed by atoms with E-state index in [9.17, 15) is 0 Å². The number of halogens is 1. The maximum Gasteiger partial charge on any atom is 0.113 e. The van der Waals surface area contributed by atoms with Gasteiger partial charge in [-0.3, -0.25) is 4.90 Å². The molecule has 0 saturated carbocycles. The Hall–Kier alpha value is -0.160. The molecular formula is C9H14ClN3S. The summed E-state index contributed by atoms with van der Waals surface area (Å²) in [6.45, 7) is 3.01. The molecule has 1 aromatic heterocycles. The van der Waals surface area contributed by atoms with Gasteiger partial charge in [0.1, 0.15) is 9.34 Å². The Bertz CT molecular complexity index is 302. The summed E-state index contributed by atoms with van der Waals surface area (Å²) in [5, 5.41) is 1.09. The SMILES string of the molecule is N[C@@H]1CCCN(Cc2ncc(Cl)s2)C1. The minimum Gasteiger partial charge on any atom is -0.327 e. The van der Waals surface area contributed by atoms with Crippen LogP contribution in [0.2, 0.25) is 4.34 Å². The third-order valence-corrected chi connectivity index (χ3v) is 3.53. The maximum atomic E-state index is 5.90. The van der Waals surface area contributed by atoms with E-state index in [-0.39, 0.29) is 0 Å². The van der Waals surface area contributed by atoms with Gasteiger partial charge in [-0.15, -0.1) is 11.3 Å². The number of piperidine rings is 1. The number of hydrogen-bond acceptors (Lipinski definition) is 4. The molecule has 0 radical (unpaired) electrons. The molecule has 1 aliphatic rings. The standard InChI is InChI=1S/C9H14ClN3S/c10-8-4-12-9(14-8)6-13-3-1-2-7(11)5-13/h4,7H,1-3,5-6,11H2/t7-/m1/s1. The summed E-state index contributed by atoms with van der Waals surface area (Å²) in [4.78, 5) is 6.59. The average Bonchev–Trinajstić information content (AvgIpc) is 2.51. The van der Waals surface area contributed by atoms with Crippen LogP contribution < -0.4 is 5.73 Å². The number of nitrogens with two attached hydrogens (primary N) is 1. The number of rotatable bonds is 2. The predicted octanol–water partition coefficient (Wildman–Crippen LogP) is 1.72. The zero-order chi connectivity index (χ0) is 9.97. The molecular weight excluding hydrogens is 218 g/mol. The van der Waals surface area contributed by atoms with Crippen molar-refractivity contribution in [2.45, 2.75) is 25.4 Å². The van der Waals surface area contributed by atoms with Crippen LogP contribution in [0.25, 0.3) is 0 Å². The molecule has 0 amide bonds. The minimum absolute atomic E-state index is 0.333. The van der Waals surface area contributed by atoms with Gasteiger partial charge in [-0.2, -0.15) is 0 Å². The lowest BCUT2D eigenvalue weighted by molar-refractivity contribution is 0.201. The van der Waals surface area contributed by atoms with Crippen molar-refractivity contribution >= 4 is 22.9 Å². The maximum absolute atomic E-state index is 5.90. The van der Waals surface area contributed by atoms with E-state index in [1.165, 1.54) is 6.42 Å². The second-order valence-electron chi connectivity index (χ2n) is 3.70. The van der Waals surface area contributed by atoms with E-state index < -0.39 is 0 Å². The molecule has 0 aromatic carbocycles. The smallest absolute Gasteiger partial charge is 0.113 e. The number of hydrogen-bond donors (Lipinski definition) is 1. The Morgan fingerprint density at radius 1 is 1.71 bits per heavy atom. The van der Waals surface area contributed by atoms with Gasteiger partial charge in [-0.05, 0) is 19.4 Å². The lowest BCUT2D eigenvalue weighted by Gasteiger charge is -2.29. The Morgan fingerprint density at radius 2 is 2.57 bits per heavy atom. The van der Waals surface area contributed by atoms with Crippen molar-refractivity contribution in [3.63, 3.8) is 0 Å². The van der Waals surface area contributed by atoms with Crippen molar-refractivity contribution in [3.05, 3.63) is 15.5 Å². The van der Waals surface area contributed by atoms with Crippen LogP contribution >= 0.6 is 22.9 Å². The summed E-state index contributed by atoms with van der Waals surface area (Å²) < 4.78 is 0.765. The molecule has 0 bridgehead atoms. The van der Waals surface area contributed by atoms with Gasteiger partial charge in [0.15, 0.2) is 0 Å². The van der Waals surface area contributed by atoms with Gasteiger partial charge in [0.25, 0.3) is 0 Å². The van der Waals surface area contributed by atoms with Crippen molar-refractivity contribution in [2.75, 3.05) is 13.1 Å². The van der Waals surface area contributed by atoms with Gasteiger partial charge in [0.05, 0.1) is 12.7 Å². The van der Waals surface area contributed by atoms with Crippen LogP contribution in [0.5, 0.6) is 0 Å².